The lowest BCUT2D eigenvalue weighted by Gasteiger charge is -1.83. The summed E-state index contributed by atoms with van der Waals surface area (Å²) in [6, 6.07) is 8.12. The molecule has 1 aromatic heterocycles. The van der Waals surface area contributed by atoms with Gasteiger partial charge in [0.25, 0.3) is 0 Å². The molecule has 2 heteroatoms. The van der Waals surface area contributed by atoms with Gasteiger partial charge in [-0.05, 0) is 0 Å². The summed E-state index contributed by atoms with van der Waals surface area (Å²) < 4.78 is 6.17. The molecular weight excluding hydrogens is 239 g/mol. The Morgan fingerprint density at radius 3 is 2.80 bits per heavy atom. The zero-order valence-corrected chi connectivity index (χ0v) is 7.33. The average Bonchev–Trinajstić information content (AvgIpc) is 2.34. The fourth-order valence-corrected chi connectivity index (χ4v) is 1.58. The molecule has 2 aromatic rings. The molecule has 10 heavy (non-hydrogen) atoms. The third kappa shape index (κ3) is 0.831. The second-order valence-corrected chi connectivity index (χ2v) is 3.08. The third-order valence-corrected chi connectivity index (χ3v) is 2.30. The topological polar surface area (TPSA) is 13.1 Å². The number of halogens is 1. The van der Waals surface area contributed by atoms with E-state index in [0.717, 1.165) is 3.77 Å². The molecule has 0 amide bonds. The molecule has 0 saturated carbocycles. The largest absolute Gasteiger partial charge is 0.457 e. The normalized spacial score (nSPS) is 10.5. The van der Waals surface area contributed by atoms with E-state index in [1.807, 2.05) is 18.2 Å². The summed E-state index contributed by atoms with van der Waals surface area (Å²) in [5.74, 6) is 0. The average molecular weight is 244 g/mol. The zero-order valence-electron chi connectivity index (χ0n) is 5.17. The van der Waals surface area contributed by atoms with Crippen molar-refractivity contribution >= 4 is 33.4 Å². The summed E-state index contributed by atoms with van der Waals surface area (Å²) in [7, 11) is 0. The van der Waals surface area contributed by atoms with E-state index in [-0.39, 0.29) is 0 Å². The van der Waals surface area contributed by atoms with Gasteiger partial charge in [-0.2, -0.15) is 0 Å². The van der Waals surface area contributed by atoms with Crippen molar-refractivity contribution in [3.05, 3.63) is 34.3 Å². The summed E-state index contributed by atoms with van der Waals surface area (Å²) in [5, 5.41) is 2.37. The number of hydrogen-bond donors (Lipinski definition) is 0. The van der Waals surface area contributed by atoms with Gasteiger partial charge in [0.05, 0.1) is 6.26 Å². The summed E-state index contributed by atoms with van der Waals surface area (Å²) in [6.45, 7) is 0. The fraction of sp³-hybridized carbons (Fsp3) is 0. The van der Waals surface area contributed by atoms with Crippen molar-refractivity contribution in [1.82, 2.24) is 0 Å². The Morgan fingerprint density at radius 2 is 2.00 bits per heavy atom. The van der Waals surface area contributed by atoms with Crippen LogP contribution in [-0.2, 0) is 0 Å². The second kappa shape index (κ2) is 2.27. The first-order valence-corrected chi connectivity index (χ1v) is 4.07. The molecule has 0 radical (unpaired) electrons. The first-order valence-electron chi connectivity index (χ1n) is 2.99. The highest BCUT2D eigenvalue weighted by molar-refractivity contribution is 14.1. The highest BCUT2D eigenvalue weighted by atomic mass is 127. The molecule has 0 saturated heterocycles. The molecule has 0 fully saturated rings. The zero-order chi connectivity index (χ0) is 6.97. The Balaban J connectivity index is 2.93. The van der Waals surface area contributed by atoms with Crippen LogP contribution in [0.2, 0.25) is 0 Å². The maximum Gasteiger partial charge on any atom is 0.171 e. The van der Waals surface area contributed by atoms with Crippen molar-refractivity contribution in [3.63, 3.8) is 0 Å². The maximum absolute atomic E-state index is 5.20. The van der Waals surface area contributed by atoms with Gasteiger partial charge in [0.15, 0.2) is 3.77 Å². The Kier molecular flexibility index (Phi) is 1.41. The van der Waals surface area contributed by atoms with Crippen LogP contribution in [0, 0.1) is 3.77 Å². The van der Waals surface area contributed by atoms with Crippen molar-refractivity contribution in [2.24, 2.45) is 0 Å². The van der Waals surface area contributed by atoms with Crippen LogP contribution in [0.15, 0.2) is 34.9 Å². The molecule has 0 atom stereocenters. The molecule has 1 aromatic carbocycles. The van der Waals surface area contributed by atoms with Crippen LogP contribution >= 0.6 is 22.6 Å². The molecular formula is C8H5IO. The monoisotopic (exact) mass is 244 g/mol. The van der Waals surface area contributed by atoms with Gasteiger partial charge in [-0.25, -0.2) is 0 Å². The van der Waals surface area contributed by atoms with Crippen molar-refractivity contribution in [3.8, 4) is 0 Å². The van der Waals surface area contributed by atoms with Gasteiger partial charge < -0.3 is 4.42 Å². The maximum atomic E-state index is 5.20. The summed E-state index contributed by atoms with van der Waals surface area (Å²) in [4.78, 5) is 0. The Hall–Kier alpha value is -0.510. The highest BCUT2D eigenvalue weighted by Gasteiger charge is 1.98. The molecule has 0 aliphatic heterocycles. The van der Waals surface area contributed by atoms with E-state index < -0.39 is 0 Å². The van der Waals surface area contributed by atoms with E-state index in [4.69, 9.17) is 4.42 Å². The van der Waals surface area contributed by atoms with Crippen molar-refractivity contribution in [2.45, 2.75) is 0 Å². The minimum absolute atomic E-state index is 0.966. The fourth-order valence-electron chi connectivity index (χ4n) is 0.957. The van der Waals surface area contributed by atoms with Crippen LogP contribution in [0.1, 0.15) is 0 Å². The lowest BCUT2D eigenvalue weighted by Crippen LogP contribution is -1.63. The van der Waals surface area contributed by atoms with Crippen LogP contribution in [-0.4, -0.2) is 0 Å². The van der Waals surface area contributed by atoms with Gasteiger partial charge in [0, 0.05) is 33.4 Å². The van der Waals surface area contributed by atoms with Gasteiger partial charge in [-0.15, -0.1) is 0 Å². The number of fused-ring (bicyclic) bond motifs is 1. The number of furan rings is 1. The van der Waals surface area contributed by atoms with Crippen LogP contribution in [0.3, 0.4) is 0 Å². The first kappa shape index (κ1) is 6.22. The van der Waals surface area contributed by atoms with Gasteiger partial charge in [0.2, 0.25) is 0 Å². The molecule has 2 rings (SSSR count). The van der Waals surface area contributed by atoms with Gasteiger partial charge >= 0.3 is 0 Å². The SMILES string of the molecule is Ic1occ2ccccc12. The molecule has 50 valence electrons. The number of benzene rings is 1. The molecule has 0 aliphatic carbocycles. The molecule has 0 bridgehead atoms. The lowest BCUT2D eigenvalue weighted by atomic mass is 10.2. The quantitative estimate of drug-likeness (QED) is 0.649. The van der Waals surface area contributed by atoms with Crippen LogP contribution in [0.5, 0.6) is 0 Å². The third-order valence-electron chi connectivity index (χ3n) is 1.46. The molecule has 0 N–H and O–H groups in total. The highest BCUT2D eigenvalue weighted by Crippen LogP contribution is 2.21. The number of rotatable bonds is 0. The van der Waals surface area contributed by atoms with E-state index in [2.05, 4.69) is 28.7 Å². The van der Waals surface area contributed by atoms with Crippen LogP contribution < -0.4 is 0 Å². The molecule has 1 heterocycles. The van der Waals surface area contributed by atoms with E-state index in [9.17, 15) is 0 Å². The minimum atomic E-state index is 0.966. The smallest absolute Gasteiger partial charge is 0.171 e. The number of hydrogen-bond acceptors (Lipinski definition) is 1. The van der Waals surface area contributed by atoms with E-state index in [0.29, 0.717) is 0 Å². The molecule has 0 aliphatic rings. The Labute approximate surface area is 72.2 Å². The van der Waals surface area contributed by atoms with Crippen LogP contribution in [0.4, 0.5) is 0 Å². The lowest BCUT2D eigenvalue weighted by molar-refractivity contribution is 0.543. The van der Waals surface area contributed by atoms with E-state index in [1.165, 1.54) is 10.8 Å². The first-order chi connectivity index (χ1) is 4.88. The Morgan fingerprint density at radius 1 is 1.20 bits per heavy atom. The van der Waals surface area contributed by atoms with Crippen molar-refractivity contribution in [2.75, 3.05) is 0 Å². The van der Waals surface area contributed by atoms with Crippen LogP contribution in [0.25, 0.3) is 10.8 Å². The molecule has 1 nitrogen and oxygen atoms in total. The standard InChI is InChI=1S/C8H5IO/c9-8-7-4-2-1-3-6(7)5-10-8/h1-5H. The predicted molar refractivity (Wildman–Crippen MR) is 48.9 cm³/mol. The Bertz CT molecular complexity index is 351. The van der Waals surface area contributed by atoms with Crippen molar-refractivity contribution in [1.29, 1.82) is 0 Å². The second-order valence-electron chi connectivity index (χ2n) is 2.10. The van der Waals surface area contributed by atoms with Gasteiger partial charge in [-0.3, -0.25) is 0 Å². The van der Waals surface area contributed by atoms with E-state index in [1.54, 1.807) is 6.26 Å². The predicted octanol–water partition coefficient (Wildman–Crippen LogP) is 3.04. The summed E-state index contributed by atoms with van der Waals surface area (Å²) >= 11 is 2.19. The van der Waals surface area contributed by atoms with Gasteiger partial charge in [-0.1, -0.05) is 24.3 Å². The van der Waals surface area contributed by atoms with Crippen molar-refractivity contribution < 1.29 is 4.42 Å². The summed E-state index contributed by atoms with van der Waals surface area (Å²) in [5.41, 5.74) is 0. The molecule has 0 unspecified atom stereocenters. The molecule has 0 spiro atoms. The van der Waals surface area contributed by atoms with Gasteiger partial charge in [0.1, 0.15) is 0 Å². The minimum Gasteiger partial charge on any atom is -0.457 e. The summed E-state index contributed by atoms with van der Waals surface area (Å²) in [6.07, 6.45) is 1.77. The van der Waals surface area contributed by atoms with E-state index >= 15 is 0 Å².